The van der Waals surface area contributed by atoms with Gasteiger partial charge in [0.15, 0.2) is 0 Å². The van der Waals surface area contributed by atoms with Crippen LogP contribution in [-0.4, -0.2) is 32.7 Å². The van der Waals surface area contributed by atoms with Gasteiger partial charge in [-0.25, -0.2) is 9.97 Å². The molecule has 1 aliphatic heterocycles. The van der Waals surface area contributed by atoms with Gasteiger partial charge in [0.25, 0.3) is 0 Å². The average Bonchev–Trinajstić information content (AvgIpc) is 3.71. The second-order valence-electron chi connectivity index (χ2n) is 9.77. The normalized spacial score (nSPS) is 12.9. The Morgan fingerprint density at radius 2 is 1.74 bits per heavy atom. The zero-order chi connectivity index (χ0) is 25.1. The predicted octanol–water partition coefficient (Wildman–Crippen LogP) is 6.97. The molecule has 0 saturated carbocycles. The number of ether oxygens (including phenoxy) is 1. The fourth-order valence-electron chi connectivity index (χ4n) is 5.09. The summed E-state index contributed by atoms with van der Waals surface area (Å²) in [7, 11) is 0. The van der Waals surface area contributed by atoms with Crippen molar-refractivity contribution in [2.24, 2.45) is 0 Å². The first-order valence-corrected chi connectivity index (χ1v) is 12.5. The van der Waals surface area contributed by atoms with Crippen molar-refractivity contribution >= 4 is 38.4 Å². The van der Waals surface area contributed by atoms with Gasteiger partial charge in [-0.1, -0.05) is 43.6 Å². The number of para-hydroxylation sites is 1. The van der Waals surface area contributed by atoms with Crippen LogP contribution in [0.5, 0.6) is 17.4 Å². The van der Waals surface area contributed by atoms with Crippen molar-refractivity contribution in [1.29, 1.82) is 0 Å². The van der Waals surface area contributed by atoms with E-state index >= 15 is 0 Å². The van der Waals surface area contributed by atoms with Crippen LogP contribution < -0.4 is 9.64 Å². The van der Waals surface area contributed by atoms with Crippen LogP contribution in [0.2, 0.25) is 0 Å². The number of fused-ring (bicyclic) bond motifs is 4. The third-order valence-corrected chi connectivity index (χ3v) is 7.01. The second kappa shape index (κ2) is 9.45. The number of phenolic OH excluding ortho intramolecular Hbond substituents is 1. The molecule has 1 aliphatic rings. The van der Waals surface area contributed by atoms with Crippen LogP contribution in [0.25, 0.3) is 38.5 Å². The molecule has 4 heterocycles. The number of phenols is 1. The zero-order valence-electron chi connectivity index (χ0n) is 21.0. The SMILES string of the molecule is CC(C)c1ccc(O)c2nc(Oc3[c-]c4c(cc3)c3ccccc3n4-c3cc(N4CC4)ccn3)ccc12.[Pt]. The Balaban J connectivity index is 0.00000264. The summed E-state index contributed by atoms with van der Waals surface area (Å²) in [4.78, 5) is 11.7. The number of pyridine rings is 2. The van der Waals surface area contributed by atoms with Gasteiger partial charge >= 0.3 is 0 Å². The van der Waals surface area contributed by atoms with Gasteiger partial charge in [-0.15, -0.1) is 17.5 Å². The fraction of sp³-hybridized carbons (Fsp3) is 0.161. The first kappa shape index (κ1) is 24.4. The minimum atomic E-state index is 0. The van der Waals surface area contributed by atoms with E-state index < -0.39 is 0 Å². The number of nitrogens with zero attached hydrogens (tertiary/aromatic N) is 4. The Bertz CT molecular complexity index is 1820. The van der Waals surface area contributed by atoms with Crippen molar-refractivity contribution in [3.8, 4) is 23.2 Å². The predicted molar refractivity (Wildman–Crippen MR) is 147 cm³/mol. The van der Waals surface area contributed by atoms with Crippen molar-refractivity contribution < 1.29 is 30.9 Å². The Kier molecular flexibility index (Phi) is 6.08. The summed E-state index contributed by atoms with van der Waals surface area (Å²) < 4.78 is 8.33. The van der Waals surface area contributed by atoms with Crippen LogP contribution in [0, 0.1) is 6.07 Å². The average molecular weight is 681 g/mol. The maximum absolute atomic E-state index is 10.5. The van der Waals surface area contributed by atoms with Crippen LogP contribution in [0.3, 0.4) is 0 Å². The smallest absolute Gasteiger partial charge is 0.217 e. The number of anilines is 1. The first-order valence-electron chi connectivity index (χ1n) is 12.5. The molecule has 0 atom stereocenters. The molecule has 1 N–H and O–H groups in total. The third-order valence-electron chi connectivity index (χ3n) is 7.01. The number of aromatic hydroxyl groups is 1. The van der Waals surface area contributed by atoms with Crippen molar-refractivity contribution in [1.82, 2.24) is 14.5 Å². The van der Waals surface area contributed by atoms with E-state index in [1.807, 2.05) is 48.7 Å². The van der Waals surface area contributed by atoms with Crippen LogP contribution in [-0.2, 0) is 21.1 Å². The van der Waals surface area contributed by atoms with Gasteiger partial charge in [-0.05, 0) is 41.1 Å². The van der Waals surface area contributed by atoms with Gasteiger partial charge in [0.1, 0.15) is 17.1 Å². The number of rotatable bonds is 5. The van der Waals surface area contributed by atoms with Crippen molar-refractivity contribution in [3.05, 3.63) is 90.6 Å². The largest absolute Gasteiger partial charge is 0.506 e. The molecule has 0 radical (unpaired) electrons. The van der Waals surface area contributed by atoms with E-state index in [9.17, 15) is 5.11 Å². The van der Waals surface area contributed by atoms with Crippen LogP contribution in [0.15, 0.2) is 79.0 Å². The second-order valence-corrected chi connectivity index (χ2v) is 9.77. The third kappa shape index (κ3) is 4.09. The molecule has 7 heteroatoms. The summed E-state index contributed by atoms with van der Waals surface area (Å²) in [6, 6.07) is 27.4. The van der Waals surface area contributed by atoms with Crippen molar-refractivity contribution in [2.75, 3.05) is 18.0 Å². The van der Waals surface area contributed by atoms with E-state index in [0.717, 1.165) is 51.7 Å². The molecule has 6 aromatic rings. The summed E-state index contributed by atoms with van der Waals surface area (Å²) in [5, 5.41) is 13.6. The van der Waals surface area contributed by atoms with E-state index in [1.54, 1.807) is 6.07 Å². The fourth-order valence-corrected chi connectivity index (χ4v) is 5.09. The molecule has 3 aromatic heterocycles. The van der Waals surface area contributed by atoms with Crippen molar-refractivity contribution in [2.45, 2.75) is 19.8 Å². The van der Waals surface area contributed by atoms with Gasteiger partial charge in [0.05, 0.1) is 0 Å². The number of hydrogen-bond donors (Lipinski definition) is 1. The monoisotopic (exact) mass is 680 g/mol. The maximum atomic E-state index is 10.5. The quantitative estimate of drug-likeness (QED) is 0.158. The minimum Gasteiger partial charge on any atom is -0.506 e. The van der Waals surface area contributed by atoms with E-state index in [2.05, 4.69) is 58.6 Å². The molecule has 7 rings (SSSR count). The molecule has 6 nitrogen and oxygen atoms in total. The van der Waals surface area contributed by atoms with Gasteiger partial charge in [0, 0.05) is 74.8 Å². The standard InChI is InChI=1S/C31H25N4O2.Pt/c1-19(2)22-9-11-28(36)31-25(22)10-12-30(33-31)37-21-7-8-24-23-5-3-4-6-26(23)35(27(24)18-21)29-17-20(13-14-32-29)34-15-16-34;/h3-14,17,19,36H,15-16H2,1-2H3;/q-1;. The number of benzene rings is 3. The Morgan fingerprint density at radius 3 is 2.55 bits per heavy atom. The number of hydrogen-bond acceptors (Lipinski definition) is 5. The summed E-state index contributed by atoms with van der Waals surface area (Å²) in [6.07, 6.45) is 1.86. The molecule has 0 bridgehead atoms. The van der Waals surface area contributed by atoms with Gasteiger partial charge in [0.2, 0.25) is 5.88 Å². The summed E-state index contributed by atoms with van der Waals surface area (Å²) in [6.45, 7) is 6.42. The minimum absolute atomic E-state index is 0. The molecular weight excluding hydrogens is 655 g/mol. The zero-order valence-corrected chi connectivity index (χ0v) is 23.2. The summed E-state index contributed by atoms with van der Waals surface area (Å²) in [5.41, 5.74) is 4.80. The molecule has 1 saturated heterocycles. The van der Waals surface area contributed by atoms with Crippen LogP contribution in [0.1, 0.15) is 25.3 Å². The Hall–Kier alpha value is -3.89. The molecule has 38 heavy (non-hydrogen) atoms. The molecule has 0 aliphatic carbocycles. The van der Waals surface area contributed by atoms with Gasteiger partial charge < -0.3 is 19.3 Å². The maximum Gasteiger partial charge on any atom is 0.217 e. The molecular formula is C31H25N4O2Pt-. The van der Waals surface area contributed by atoms with E-state index in [1.165, 1.54) is 5.69 Å². The molecule has 0 spiro atoms. The Morgan fingerprint density at radius 1 is 0.921 bits per heavy atom. The molecule has 0 unspecified atom stereocenters. The molecule has 1 fully saturated rings. The Labute approximate surface area is 234 Å². The number of aromatic nitrogens is 3. The topological polar surface area (TPSA) is 63.2 Å². The summed E-state index contributed by atoms with van der Waals surface area (Å²) >= 11 is 0. The van der Waals surface area contributed by atoms with E-state index in [4.69, 9.17) is 9.72 Å². The van der Waals surface area contributed by atoms with Crippen LogP contribution >= 0.6 is 0 Å². The molecule has 0 amide bonds. The van der Waals surface area contributed by atoms with Crippen molar-refractivity contribution in [3.63, 3.8) is 0 Å². The van der Waals surface area contributed by atoms with E-state index in [0.29, 0.717) is 23.1 Å². The van der Waals surface area contributed by atoms with Crippen LogP contribution in [0.4, 0.5) is 5.69 Å². The van der Waals surface area contributed by atoms with E-state index in [-0.39, 0.29) is 26.8 Å². The van der Waals surface area contributed by atoms with Gasteiger partial charge in [-0.2, -0.15) is 6.07 Å². The first-order chi connectivity index (χ1) is 18.1. The summed E-state index contributed by atoms with van der Waals surface area (Å²) in [5.74, 6) is 2.26. The van der Waals surface area contributed by atoms with Gasteiger partial charge in [-0.3, -0.25) is 0 Å². The molecule has 3 aromatic carbocycles. The molecule has 192 valence electrons.